The van der Waals surface area contributed by atoms with Crippen molar-refractivity contribution in [1.82, 2.24) is 25.2 Å². The van der Waals surface area contributed by atoms with Crippen molar-refractivity contribution in [3.8, 4) is 0 Å². The van der Waals surface area contributed by atoms with Gasteiger partial charge in [0.2, 0.25) is 0 Å². The van der Waals surface area contributed by atoms with Gasteiger partial charge in [-0.1, -0.05) is 0 Å². The molecule has 0 aliphatic carbocycles. The van der Waals surface area contributed by atoms with Crippen molar-refractivity contribution in [2.45, 2.75) is 19.5 Å². The maximum atomic E-state index is 5.62. The van der Waals surface area contributed by atoms with E-state index in [0.29, 0.717) is 0 Å². The van der Waals surface area contributed by atoms with Gasteiger partial charge in [0.25, 0.3) is 0 Å². The van der Waals surface area contributed by atoms with Crippen LogP contribution in [0.15, 0.2) is 29.3 Å². The van der Waals surface area contributed by atoms with Gasteiger partial charge in [-0.25, -0.2) is 15.4 Å². The molecule has 90 valence electrons. The summed E-state index contributed by atoms with van der Waals surface area (Å²) in [5.41, 5.74) is 4.51. The van der Waals surface area contributed by atoms with E-state index in [0.717, 1.165) is 22.4 Å². The lowest BCUT2D eigenvalue weighted by molar-refractivity contribution is 0.533. The van der Waals surface area contributed by atoms with E-state index in [1.54, 1.807) is 12.4 Å². The van der Waals surface area contributed by atoms with Crippen LogP contribution in [0.2, 0.25) is 0 Å². The normalized spacial score (nSPS) is 12.6. The van der Waals surface area contributed by atoms with Crippen molar-refractivity contribution < 1.29 is 0 Å². The maximum Gasteiger partial charge on any atom is 0.115 e. The molecule has 2 rings (SSSR count). The quantitative estimate of drug-likeness (QED) is 0.650. The topological polar surface area (TPSA) is 81.7 Å². The third-order valence-electron chi connectivity index (χ3n) is 2.47. The molecular formula is C10H13BrN6. The second kappa shape index (κ2) is 5.35. The summed E-state index contributed by atoms with van der Waals surface area (Å²) in [6.45, 7) is 2.79. The minimum Gasteiger partial charge on any atom is -0.270 e. The second-order valence-electron chi connectivity index (χ2n) is 3.43. The summed E-state index contributed by atoms with van der Waals surface area (Å²) in [6, 6.07) is 1.61. The van der Waals surface area contributed by atoms with Crippen LogP contribution in [0.3, 0.4) is 0 Å². The Kier molecular flexibility index (Phi) is 3.82. The molecule has 0 amide bonds. The van der Waals surface area contributed by atoms with Crippen molar-refractivity contribution >= 4 is 15.9 Å². The van der Waals surface area contributed by atoms with Crippen LogP contribution >= 0.6 is 15.9 Å². The highest BCUT2D eigenvalue weighted by Gasteiger charge is 2.21. The monoisotopic (exact) mass is 296 g/mol. The minimum atomic E-state index is -0.213. The molecule has 0 spiro atoms. The number of halogens is 1. The number of rotatable bonds is 4. The summed E-state index contributed by atoms with van der Waals surface area (Å²) < 4.78 is 2.78. The van der Waals surface area contributed by atoms with Crippen molar-refractivity contribution in [1.29, 1.82) is 0 Å². The van der Waals surface area contributed by atoms with Crippen LogP contribution in [0.4, 0.5) is 0 Å². The first-order valence-corrected chi connectivity index (χ1v) is 6.00. The number of hydrazine groups is 1. The average molecular weight is 297 g/mol. The number of aryl methyl sites for hydroxylation is 1. The number of nitrogens with one attached hydrogen (secondary N) is 1. The molecule has 1 atom stereocenters. The van der Waals surface area contributed by atoms with Gasteiger partial charge in [-0.2, -0.15) is 5.10 Å². The molecule has 0 aliphatic rings. The van der Waals surface area contributed by atoms with E-state index in [4.69, 9.17) is 5.84 Å². The van der Waals surface area contributed by atoms with E-state index in [9.17, 15) is 0 Å². The van der Waals surface area contributed by atoms with E-state index in [-0.39, 0.29) is 6.04 Å². The Labute approximate surface area is 107 Å². The molecule has 1 unspecified atom stereocenters. The van der Waals surface area contributed by atoms with Gasteiger partial charge in [-0.3, -0.25) is 10.5 Å². The molecule has 7 heteroatoms. The molecule has 0 aliphatic heterocycles. The van der Waals surface area contributed by atoms with E-state index in [1.165, 1.54) is 6.33 Å². The van der Waals surface area contributed by atoms with Crippen molar-refractivity contribution in [3.63, 3.8) is 0 Å². The predicted octanol–water partition coefficient (Wildman–Crippen LogP) is 1.01. The summed E-state index contributed by atoms with van der Waals surface area (Å²) >= 11 is 3.47. The number of hydrogen-bond acceptors (Lipinski definition) is 5. The third-order valence-corrected chi connectivity index (χ3v) is 3.08. The Morgan fingerprint density at radius 3 is 3.00 bits per heavy atom. The van der Waals surface area contributed by atoms with E-state index >= 15 is 0 Å². The first-order chi connectivity index (χ1) is 8.27. The lowest BCUT2D eigenvalue weighted by Gasteiger charge is -2.17. The molecule has 0 aromatic carbocycles. The second-order valence-corrected chi connectivity index (χ2v) is 4.28. The first kappa shape index (κ1) is 12.2. The Hall–Kier alpha value is -1.31. The van der Waals surface area contributed by atoms with Crippen molar-refractivity contribution in [3.05, 3.63) is 40.6 Å². The van der Waals surface area contributed by atoms with E-state index < -0.39 is 0 Å². The fourth-order valence-electron chi connectivity index (χ4n) is 1.69. The van der Waals surface area contributed by atoms with Gasteiger partial charge < -0.3 is 0 Å². The van der Waals surface area contributed by atoms with Crippen LogP contribution in [0.25, 0.3) is 0 Å². The average Bonchev–Trinajstić information content (AvgIpc) is 2.74. The lowest BCUT2D eigenvalue weighted by atomic mass is 10.1. The van der Waals surface area contributed by atoms with E-state index in [1.807, 2.05) is 17.7 Å². The summed E-state index contributed by atoms with van der Waals surface area (Å²) in [5.74, 6) is 5.62. The van der Waals surface area contributed by atoms with Gasteiger partial charge in [-0.15, -0.1) is 0 Å². The van der Waals surface area contributed by atoms with Gasteiger partial charge in [0.1, 0.15) is 12.4 Å². The van der Waals surface area contributed by atoms with Crippen LogP contribution in [0.5, 0.6) is 0 Å². The number of nitrogens with two attached hydrogens (primary N) is 1. The summed E-state index contributed by atoms with van der Waals surface area (Å²) in [6.07, 6.45) is 4.94. The molecular weight excluding hydrogens is 284 g/mol. The SMILES string of the molecule is CCn1ncc(Br)c1C(NN)c1ccncn1. The highest BCUT2D eigenvalue weighted by molar-refractivity contribution is 9.10. The highest BCUT2D eigenvalue weighted by Crippen LogP contribution is 2.26. The van der Waals surface area contributed by atoms with Crippen LogP contribution in [0, 0.1) is 0 Å². The van der Waals surface area contributed by atoms with Gasteiger partial charge in [-0.05, 0) is 28.9 Å². The predicted molar refractivity (Wildman–Crippen MR) is 66.8 cm³/mol. The van der Waals surface area contributed by atoms with Crippen LogP contribution in [-0.2, 0) is 6.54 Å². The zero-order valence-corrected chi connectivity index (χ0v) is 10.9. The maximum absolute atomic E-state index is 5.62. The molecule has 2 aromatic heterocycles. The molecule has 0 fully saturated rings. The minimum absolute atomic E-state index is 0.213. The molecule has 0 bridgehead atoms. The number of hydrogen-bond donors (Lipinski definition) is 2. The summed E-state index contributed by atoms with van der Waals surface area (Å²) in [5, 5.41) is 4.26. The molecule has 0 radical (unpaired) electrons. The largest absolute Gasteiger partial charge is 0.270 e. The first-order valence-electron chi connectivity index (χ1n) is 5.21. The van der Waals surface area contributed by atoms with Crippen molar-refractivity contribution in [2.75, 3.05) is 0 Å². The van der Waals surface area contributed by atoms with Crippen LogP contribution < -0.4 is 11.3 Å². The van der Waals surface area contributed by atoms with Gasteiger partial charge >= 0.3 is 0 Å². The van der Waals surface area contributed by atoms with Gasteiger partial charge in [0.05, 0.1) is 22.1 Å². The molecule has 6 nitrogen and oxygen atoms in total. The van der Waals surface area contributed by atoms with E-state index in [2.05, 4.69) is 36.4 Å². The fourth-order valence-corrected chi connectivity index (χ4v) is 2.21. The fraction of sp³-hybridized carbons (Fsp3) is 0.300. The smallest absolute Gasteiger partial charge is 0.115 e. The van der Waals surface area contributed by atoms with Crippen LogP contribution in [-0.4, -0.2) is 19.7 Å². The van der Waals surface area contributed by atoms with Gasteiger partial charge in [0, 0.05) is 12.7 Å². The third kappa shape index (κ3) is 2.36. The Morgan fingerprint density at radius 1 is 1.59 bits per heavy atom. The molecule has 17 heavy (non-hydrogen) atoms. The van der Waals surface area contributed by atoms with Gasteiger partial charge in [0.15, 0.2) is 0 Å². The molecule has 0 saturated carbocycles. The zero-order valence-electron chi connectivity index (χ0n) is 9.34. The number of nitrogens with zero attached hydrogens (tertiary/aromatic N) is 4. The van der Waals surface area contributed by atoms with Crippen LogP contribution in [0.1, 0.15) is 24.4 Å². The molecule has 3 N–H and O–H groups in total. The Bertz CT molecular complexity index is 483. The molecule has 0 saturated heterocycles. The summed E-state index contributed by atoms with van der Waals surface area (Å²) in [7, 11) is 0. The van der Waals surface area contributed by atoms with Crippen molar-refractivity contribution in [2.24, 2.45) is 5.84 Å². The standard InChI is InChI=1S/C10H13BrN6/c1-2-17-10(7(11)5-15-17)9(16-12)8-3-4-13-6-14-8/h3-6,9,16H,2,12H2,1H3. The highest BCUT2D eigenvalue weighted by atomic mass is 79.9. The Balaban J connectivity index is 2.45. The molecule has 2 heterocycles. The summed E-state index contributed by atoms with van der Waals surface area (Å²) in [4.78, 5) is 8.10. The molecule has 2 aromatic rings. The lowest BCUT2D eigenvalue weighted by Crippen LogP contribution is -2.31. The zero-order chi connectivity index (χ0) is 12.3. The Morgan fingerprint density at radius 2 is 2.41 bits per heavy atom. The number of aromatic nitrogens is 4.